The second kappa shape index (κ2) is 7.91. The van der Waals surface area contributed by atoms with Crippen molar-refractivity contribution in [1.29, 1.82) is 0 Å². The molecule has 0 bridgehead atoms. The van der Waals surface area contributed by atoms with Gasteiger partial charge in [-0.1, -0.05) is 18.6 Å². The predicted octanol–water partition coefficient (Wildman–Crippen LogP) is 3.62. The van der Waals surface area contributed by atoms with Crippen molar-refractivity contribution < 1.29 is 14.3 Å². The normalized spacial score (nSPS) is 21.6. The molecular weight excluding hydrogens is 266 g/mol. The van der Waals surface area contributed by atoms with Crippen LogP contribution in [0.3, 0.4) is 0 Å². The van der Waals surface area contributed by atoms with Crippen LogP contribution in [-0.2, 0) is 9.53 Å². The lowest BCUT2D eigenvalue weighted by molar-refractivity contribution is -0.149. The molecule has 1 fully saturated rings. The fourth-order valence-electron chi connectivity index (χ4n) is 2.88. The van der Waals surface area contributed by atoms with Gasteiger partial charge in [0.25, 0.3) is 0 Å². The topological polar surface area (TPSA) is 47.6 Å². The van der Waals surface area contributed by atoms with E-state index in [9.17, 15) is 4.79 Å². The number of esters is 1. The maximum atomic E-state index is 11.9. The van der Waals surface area contributed by atoms with Crippen molar-refractivity contribution in [3.05, 3.63) is 24.3 Å². The van der Waals surface area contributed by atoms with Gasteiger partial charge in [0.05, 0.1) is 24.8 Å². The maximum absolute atomic E-state index is 11.9. The van der Waals surface area contributed by atoms with Crippen molar-refractivity contribution in [2.75, 3.05) is 18.5 Å². The monoisotopic (exact) mass is 291 g/mol. The molecule has 1 aromatic carbocycles. The van der Waals surface area contributed by atoms with Gasteiger partial charge in [0.2, 0.25) is 0 Å². The minimum Gasteiger partial charge on any atom is -0.492 e. The highest BCUT2D eigenvalue weighted by Gasteiger charge is 2.28. The third-order valence-corrected chi connectivity index (χ3v) is 3.84. The van der Waals surface area contributed by atoms with E-state index in [0.717, 1.165) is 37.1 Å². The van der Waals surface area contributed by atoms with Crippen LogP contribution in [0.1, 0.15) is 39.5 Å². The lowest BCUT2D eigenvalue weighted by Crippen LogP contribution is -2.32. The average molecular weight is 291 g/mol. The van der Waals surface area contributed by atoms with Crippen molar-refractivity contribution >= 4 is 11.7 Å². The van der Waals surface area contributed by atoms with Crippen molar-refractivity contribution in [2.24, 2.45) is 5.92 Å². The fourth-order valence-corrected chi connectivity index (χ4v) is 2.88. The number of rotatable bonds is 6. The molecule has 0 aliphatic heterocycles. The number of carbonyl (C=O) groups excluding carboxylic acids is 1. The minimum absolute atomic E-state index is 0.0236. The van der Waals surface area contributed by atoms with Crippen LogP contribution in [0, 0.1) is 5.92 Å². The number of nitrogens with one attached hydrogen (secondary N) is 1. The van der Waals surface area contributed by atoms with Gasteiger partial charge in [0.1, 0.15) is 5.75 Å². The van der Waals surface area contributed by atoms with Crippen molar-refractivity contribution in [1.82, 2.24) is 0 Å². The van der Waals surface area contributed by atoms with E-state index in [1.54, 1.807) is 0 Å². The molecule has 4 heteroatoms. The molecule has 1 aliphatic carbocycles. The number of hydrogen-bond donors (Lipinski definition) is 1. The molecule has 1 aromatic rings. The zero-order valence-electron chi connectivity index (χ0n) is 12.9. The molecule has 0 heterocycles. The zero-order valence-corrected chi connectivity index (χ0v) is 12.9. The number of ether oxygens (including phenoxy) is 2. The van der Waals surface area contributed by atoms with Crippen LogP contribution in [0.4, 0.5) is 5.69 Å². The van der Waals surface area contributed by atoms with E-state index < -0.39 is 0 Å². The minimum atomic E-state index is -0.0536. The molecule has 0 saturated heterocycles. The Labute approximate surface area is 126 Å². The second-order valence-electron chi connectivity index (χ2n) is 5.39. The van der Waals surface area contributed by atoms with E-state index in [0.29, 0.717) is 19.3 Å². The molecular formula is C17H25NO3. The molecule has 116 valence electrons. The molecule has 4 nitrogen and oxygen atoms in total. The Kier molecular flexibility index (Phi) is 5.90. The Balaban J connectivity index is 1.98. The summed E-state index contributed by atoms with van der Waals surface area (Å²) in [6.45, 7) is 4.94. The van der Waals surface area contributed by atoms with Gasteiger partial charge in [-0.15, -0.1) is 0 Å². The van der Waals surface area contributed by atoms with Crippen LogP contribution < -0.4 is 10.1 Å². The molecule has 1 saturated carbocycles. The highest BCUT2D eigenvalue weighted by Crippen LogP contribution is 2.31. The maximum Gasteiger partial charge on any atom is 0.308 e. The summed E-state index contributed by atoms with van der Waals surface area (Å²) in [7, 11) is 0. The third-order valence-electron chi connectivity index (χ3n) is 3.84. The summed E-state index contributed by atoms with van der Waals surface area (Å²) in [5.41, 5.74) is 1.01. The Morgan fingerprint density at radius 1 is 1.24 bits per heavy atom. The first-order valence-corrected chi connectivity index (χ1v) is 7.89. The van der Waals surface area contributed by atoms with Crippen LogP contribution in [0.25, 0.3) is 0 Å². The molecule has 0 radical (unpaired) electrons. The first kappa shape index (κ1) is 15.7. The summed E-state index contributed by atoms with van der Waals surface area (Å²) in [5, 5.41) is 3.53. The molecule has 1 aliphatic rings. The predicted molar refractivity (Wildman–Crippen MR) is 83.6 cm³/mol. The summed E-state index contributed by atoms with van der Waals surface area (Å²) in [5.74, 6) is 0.843. The third kappa shape index (κ3) is 4.38. The van der Waals surface area contributed by atoms with Gasteiger partial charge < -0.3 is 14.8 Å². The fraction of sp³-hybridized carbons (Fsp3) is 0.588. The average Bonchev–Trinajstić information content (AvgIpc) is 2.50. The van der Waals surface area contributed by atoms with Crippen LogP contribution in [0.2, 0.25) is 0 Å². The molecule has 2 atom stereocenters. The summed E-state index contributed by atoms with van der Waals surface area (Å²) < 4.78 is 10.8. The van der Waals surface area contributed by atoms with Crippen molar-refractivity contribution in [2.45, 2.75) is 45.6 Å². The molecule has 2 rings (SSSR count). The lowest BCUT2D eigenvalue weighted by Gasteiger charge is -2.29. The van der Waals surface area contributed by atoms with Gasteiger partial charge in [-0.2, -0.15) is 0 Å². The van der Waals surface area contributed by atoms with Crippen LogP contribution in [0.5, 0.6) is 5.75 Å². The largest absolute Gasteiger partial charge is 0.492 e. The van der Waals surface area contributed by atoms with Gasteiger partial charge in [0.15, 0.2) is 0 Å². The smallest absolute Gasteiger partial charge is 0.308 e. The van der Waals surface area contributed by atoms with Crippen LogP contribution in [-0.4, -0.2) is 25.2 Å². The van der Waals surface area contributed by atoms with Gasteiger partial charge in [0, 0.05) is 6.04 Å². The van der Waals surface area contributed by atoms with Gasteiger partial charge in [-0.3, -0.25) is 4.79 Å². The molecule has 0 amide bonds. The van der Waals surface area contributed by atoms with E-state index in [-0.39, 0.29) is 11.9 Å². The van der Waals surface area contributed by atoms with E-state index in [1.807, 2.05) is 38.1 Å². The summed E-state index contributed by atoms with van der Waals surface area (Å²) in [6, 6.07) is 8.26. The van der Waals surface area contributed by atoms with Gasteiger partial charge in [-0.05, 0) is 45.2 Å². The number of hydrogen-bond acceptors (Lipinski definition) is 4. The number of benzene rings is 1. The summed E-state index contributed by atoms with van der Waals surface area (Å²) >= 11 is 0. The lowest BCUT2D eigenvalue weighted by atomic mass is 9.85. The molecule has 21 heavy (non-hydrogen) atoms. The SMILES string of the molecule is CCOC(=O)C1CCCC(Nc2ccccc2OCC)C1. The number of anilines is 1. The van der Waals surface area contributed by atoms with Crippen molar-refractivity contribution in [3.63, 3.8) is 0 Å². The van der Waals surface area contributed by atoms with Gasteiger partial charge in [-0.25, -0.2) is 0 Å². The summed E-state index contributed by atoms with van der Waals surface area (Å²) in [6.07, 6.45) is 3.90. The van der Waals surface area contributed by atoms with Crippen LogP contribution in [0.15, 0.2) is 24.3 Å². The summed E-state index contributed by atoms with van der Waals surface area (Å²) in [4.78, 5) is 11.9. The molecule has 0 aromatic heterocycles. The zero-order chi connectivity index (χ0) is 15.1. The Hall–Kier alpha value is -1.71. The molecule has 1 N–H and O–H groups in total. The Morgan fingerprint density at radius 3 is 2.81 bits per heavy atom. The quantitative estimate of drug-likeness (QED) is 0.813. The Morgan fingerprint density at radius 2 is 2.05 bits per heavy atom. The van der Waals surface area contributed by atoms with Crippen LogP contribution >= 0.6 is 0 Å². The first-order chi connectivity index (χ1) is 10.2. The van der Waals surface area contributed by atoms with Crippen molar-refractivity contribution in [3.8, 4) is 5.75 Å². The number of para-hydroxylation sites is 2. The number of carbonyl (C=O) groups is 1. The first-order valence-electron chi connectivity index (χ1n) is 7.89. The second-order valence-corrected chi connectivity index (χ2v) is 5.39. The molecule has 2 unspecified atom stereocenters. The van der Waals surface area contributed by atoms with Gasteiger partial charge >= 0.3 is 5.97 Å². The standard InChI is InChI=1S/C17H25NO3/c1-3-20-16-11-6-5-10-15(16)18-14-9-7-8-13(12-14)17(19)21-4-2/h5-6,10-11,13-14,18H,3-4,7-9,12H2,1-2H3. The highest BCUT2D eigenvalue weighted by atomic mass is 16.5. The van der Waals surface area contributed by atoms with E-state index >= 15 is 0 Å². The molecule has 0 spiro atoms. The van der Waals surface area contributed by atoms with E-state index in [2.05, 4.69) is 5.32 Å². The highest BCUT2D eigenvalue weighted by molar-refractivity contribution is 5.72. The van der Waals surface area contributed by atoms with E-state index in [4.69, 9.17) is 9.47 Å². The Bertz CT molecular complexity index is 461. The van der Waals surface area contributed by atoms with E-state index in [1.165, 1.54) is 0 Å².